The van der Waals surface area contributed by atoms with E-state index in [-0.39, 0.29) is 17.7 Å². The smallest absolute Gasteiger partial charge is 0.250 e. The number of hydrogen-bond acceptors (Lipinski definition) is 4. The van der Waals surface area contributed by atoms with Gasteiger partial charge in [0.1, 0.15) is 5.25 Å². The number of hydrogen-bond donors (Lipinski definition) is 0. The minimum atomic E-state index is -0.638. The summed E-state index contributed by atoms with van der Waals surface area (Å²) in [5.41, 5.74) is 3.48. The Kier molecular flexibility index (Phi) is 3.60. The molecule has 23 heavy (non-hydrogen) atoms. The summed E-state index contributed by atoms with van der Waals surface area (Å²) in [4.78, 5) is 31.1. The largest absolute Gasteiger partial charge is 0.298 e. The van der Waals surface area contributed by atoms with Crippen molar-refractivity contribution in [3.05, 3.63) is 47.2 Å². The number of Topliss-reactive ketones (excluding diaryl/α,β-unsaturated/α-hetero) is 1. The Hall–Kier alpha value is -1.88. The van der Waals surface area contributed by atoms with Crippen molar-refractivity contribution in [3.8, 4) is 0 Å². The maximum atomic E-state index is 12.8. The number of thioether (sulfide) groups is 1. The van der Waals surface area contributed by atoms with Crippen LogP contribution in [0.3, 0.4) is 0 Å². The summed E-state index contributed by atoms with van der Waals surface area (Å²) in [5.74, 6) is -0.214. The fourth-order valence-electron chi connectivity index (χ4n) is 3.60. The van der Waals surface area contributed by atoms with E-state index in [1.807, 2.05) is 18.2 Å². The second-order valence-corrected chi connectivity index (χ2v) is 7.28. The van der Waals surface area contributed by atoms with E-state index in [2.05, 4.69) is 12.1 Å². The Morgan fingerprint density at radius 3 is 2.70 bits per heavy atom. The molecular formula is C18H18N2O2S. The molecule has 1 aliphatic carbocycles. The van der Waals surface area contributed by atoms with Crippen LogP contribution in [-0.4, -0.2) is 27.0 Å². The Balaban J connectivity index is 1.84. The monoisotopic (exact) mass is 326 g/mol. The van der Waals surface area contributed by atoms with Crippen LogP contribution in [0.2, 0.25) is 0 Å². The van der Waals surface area contributed by atoms with Crippen LogP contribution < -0.4 is 0 Å². The van der Waals surface area contributed by atoms with Gasteiger partial charge in [-0.3, -0.25) is 14.5 Å². The molecule has 0 unspecified atom stereocenters. The highest BCUT2D eigenvalue weighted by atomic mass is 32.2. The molecule has 1 saturated heterocycles. The van der Waals surface area contributed by atoms with E-state index in [9.17, 15) is 9.59 Å². The number of amides is 1. The van der Waals surface area contributed by atoms with Gasteiger partial charge in [0, 0.05) is 5.70 Å². The molecule has 2 atom stereocenters. The number of carbonyl (C=O) groups excluding carboxylic acids is 2. The lowest BCUT2D eigenvalue weighted by atomic mass is 9.86. The predicted molar refractivity (Wildman–Crippen MR) is 91.0 cm³/mol. The summed E-state index contributed by atoms with van der Waals surface area (Å²) >= 11 is 1.31. The van der Waals surface area contributed by atoms with Gasteiger partial charge < -0.3 is 0 Å². The van der Waals surface area contributed by atoms with Gasteiger partial charge in [-0.1, -0.05) is 42.1 Å². The average molecular weight is 326 g/mol. The molecule has 4 rings (SSSR count). The number of allylic oxidation sites excluding steroid dienone is 1. The topological polar surface area (TPSA) is 49.7 Å². The van der Waals surface area contributed by atoms with Gasteiger partial charge >= 0.3 is 0 Å². The standard InChI is InChI=1S/C18H18N2O2S/c1-11(21)16-17(22)20-15(12-7-3-2-4-8-12)13-9-5-6-10-14(13)19-18(20)23-16/h2-4,7-8,15-16H,5-6,9-10H2,1H3/t15-,16-/m1/s1. The number of benzene rings is 1. The quantitative estimate of drug-likeness (QED) is 0.782. The second kappa shape index (κ2) is 5.64. The van der Waals surface area contributed by atoms with Crippen LogP contribution in [0.25, 0.3) is 0 Å². The number of nitrogens with zero attached hydrogens (tertiary/aromatic N) is 2. The molecule has 0 spiro atoms. The third kappa shape index (κ3) is 2.34. The number of carbonyl (C=O) groups is 2. The maximum Gasteiger partial charge on any atom is 0.250 e. The molecule has 5 heteroatoms. The number of ketones is 1. The molecule has 118 valence electrons. The molecule has 3 aliphatic rings. The highest BCUT2D eigenvalue weighted by Gasteiger charge is 2.47. The van der Waals surface area contributed by atoms with Gasteiger partial charge in [0.15, 0.2) is 11.0 Å². The van der Waals surface area contributed by atoms with Crippen molar-refractivity contribution < 1.29 is 9.59 Å². The van der Waals surface area contributed by atoms with Gasteiger partial charge in [-0.05, 0) is 43.7 Å². The SMILES string of the molecule is CC(=O)[C@H]1SC2=NC3=C(CCCC3)[C@@H](c3ccccc3)N2C1=O. The summed E-state index contributed by atoms with van der Waals surface area (Å²) in [6, 6.07) is 10.0. The second-order valence-electron chi connectivity index (χ2n) is 6.20. The molecule has 0 saturated carbocycles. The maximum absolute atomic E-state index is 12.8. The van der Waals surface area contributed by atoms with Crippen molar-refractivity contribution in [2.75, 3.05) is 0 Å². The van der Waals surface area contributed by atoms with Crippen molar-refractivity contribution in [3.63, 3.8) is 0 Å². The van der Waals surface area contributed by atoms with E-state index in [1.54, 1.807) is 4.90 Å². The van der Waals surface area contributed by atoms with E-state index < -0.39 is 5.25 Å². The lowest BCUT2D eigenvalue weighted by molar-refractivity contribution is -0.131. The third-order valence-corrected chi connectivity index (χ3v) is 5.94. The van der Waals surface area contributed by atoms with Gasteiger partial charge in [-0.25, -0.2) is 4.99 Å². The average Bonchev–Trinajstić information content (AvgIpc) is 2.90. The minimum absolute atomic E-state index is 0.0941. The van der Waals surface area contributed by atoms with Gasteiger partial charge in [0.05, 0.1) is 6.04 Å². The van der Waals surface area contributed by atoms with Crippen LogP contribution in [0.5, 0.6) is 0 Å². The predicted octanol–water partition coefficient (Wildman–Crippen LogP) is 3.46. The molecule has 1 amide bonds. The van der Waals surface area contributed by atoms with Crippen LogP contribution in [0, 0.1) is 0 Å². The summed E-state index contributed by atoms with van der Waals surface area (Å²) < 4.78 is 0. The normalized spacial score (nSPS) is 26.7. The summed E-state index contributed by atoms with van der Waals surface area (Å²) in [5, 5.41) is 0.0611. The van der Waals surface area contributed by atoms with E-state index >= 15 is 0 Å². The zero-order chi connectivity index (χ0) is 16.0. The Labute approximate surface area is 139 Å². The van der Waals surface area contributed by atoms with Crippen LogP contribution in [0.1, 0.15) is 44.2 Å². The Bertz CT molecular complexity index is 739. The first-order chi connectivity index (χ1) is 11.2. The Morgan fingerprint density at radius 2 is 1.96 bits per heavy atom. The first-order valence-corrected chi connectivity index (χ1v) is 8.90. The number of amidine groups is 1. The van der Waals surface area contributed by atoms with Gasteiger partial charge in [-0.2, -0.15) is 0 Å². The van der Waals surface area contributed by atoms with Crippen LogP contribution in [-0.2, 0) is 9.59 Å². The number of fused-ring (bicyclic) bond motifs is 1. The Morgan fingerprint density at radius 1 is 1.22 bits per heavy atom. The summed E-state index contributed by atoms with van der Waals surface area (Å²) in [6.07, 6.45) is 4.23. The number of rotatable bonds is 2. The molecule has 2 heterocycles. The molecular weight excluding hydrogens is 308 g/mol. The van der Waals surface area contributed by atoms with Gasteiger partial charge in [-0.15, -0.1) is 0 Å². The molecule has 2 aliphatic heterocycles. The zero-order valence-corrected chi connectivity index (χ0v) is 13.8. The molecule has 0 radical (unpaired) electrons. The van der Waals surface area contributed by atoms with E-state index in [0.29, 0.717) is 5.17 Å². The van der Waals surface area contributed by atoms with Crippen LogP contribution in [0.4, 0.5) is 0 Å². The van der Waals surface area contributed by atoms with Crippen LogP contribution >= 0.6 is 11.8 Å². The molecule has 4 nitrogen and oxygen atoms in total. The molecule has 1 fully saturated rings. The number of aliphatic imine (C=N–C) groups is 1. The van der Waals surface area contributed by atoms with E-state index in [1.165, 1.54) is 24.3 Å². The summed E-state index contributed by atoms with van der Waals surface area (Å²) in [6.45, 7) is 1.49. The fourth-order valence-corrected chi connectivity index (χ4v) is 4.66. The first-order valence-electron chi connectivity index (χ1n) is 8.02. The van der Waals surface area contributed by atoms with Crippen molar-refractivity contribution in [1.82, 2.24) is 4.90 Å². The molecule has 0 N–H and O–H groups in total. The fraction of sp³-hybridized carbons (Fsp3) is 0.389. The van der Waals surface area contributed by atoms with Crippen molar-refractivity contribution in [1.29, 1.82) is 0 Å². The highest BCUT2D eigenvalue weighted by molar-refractivity contribution is 8.16. The van der Waals surface area contributed by atoms with Crippen molar-refractivity contribution in [2.45, 2.75) is 43.9 Å². The lowest BCUT2D eigenvalue weighted by Gasteiger charge is -2.36. The highest BCUT2D eigenvalue weighted by Crippen LogP contribution is 2.46. The van der Waals surface area contributed by atoms with Crippen molar-refractivity contribution >= 4 is 28.6 Å². The minimum Gasteiger partial charge on any atom is -0.298 e. The lowest BCUT2D eigenvalue weighted by Crippen LogP contribution is -2.40. The molecule has 0 aromatic heterocycles. The molecule has 0 bridgehead atoms. The van der Waals surface area contributed by atoms with E-state index in [4.69, 9.17) is 4.99 Å². The zero-order valence-electron chi connectivity index (χ0n) is 13.0. The molecule has 1 aromatic carbocycles. The summed E-state index contributed by atoms with van der Waals surface area (Å²) in [7, 11) is 0. The van der Waals surface area contributed by atoms with Crippen LogP contribution in [0.15, 0.2) is 46.6 Å². The van der Waals surface area contributed by atoms with E-state index in [0.717, 1.165) is 36.9 Å². The van der Waals surface area contributed by atoms with Gasteiger partial charge in [0.25, 0.3) is 5.91 Å². The first kappa shape index (κ1) is 14.7. The van der Waals surface area contributed by atoms with Crippen molar-refractivity contribution in [2.24, 2.45) is 4.99 Å². The molecule has 1 aromatic rings. The third-order valence-electron chi connectivity index (χ3n) is 4.67. The van der Waals surface area contributed by atoms with Gasteiger partial charge in [0.2, 0.25) is 0 Å².